The molecule has 0 unspecified atom stereocenters. The maximum absolute atomic E-state index is 11.8. The van der Waals surface area contributed by atoms with E-state index in [1.54, 1.807) is 6.07 Å². The molecule has 0 saturated carbocycles. The zero-order chi connectivity index (χ0) is 15.6. The Hall–Kier alpha value is -1.57. The fourth-order valence-corrected chi connectivity index (χ4v) is 2.81. The van der Waals surface area contributed by atoms with E-state index in [2.05, 4.69) is 26.0 Å². The molecule has 0 atom stereocenters. The van der Waals surface area contributed by atoms with Crippen molar-refractivity contribution >= 4 is 43.0 Å². The molecule has 2 aromatic rings. The molecule has 0 aliphatic rings. The molecule has 0 fully saturated rings. The van der Waals surface area contributed by atoms with Crippen LogP contribution in [0.4, 0.5) is 17.1 Å². The van der Waals surface area contributed by atoms with Crippen LogP contribution >= 0.6 is 15.9 Å². The van der Waals surface area contributed by atoms with Gasteiger partial charge in [-0.15, -0.1) is 0 Å². The standard InChI is InChI=1S/C14H16BrN3O2S/c1-9-7-10(3-5-12(9)15)18-14-8-11(4-6-13(14)16)21(19,20)17-2/h3-8,17-18H,16H2,1-2H3. The van der Waals surface area contributed by atoms with Gasteiger partial charge in [-0.05, 0) is 55.9 Å². The van der Waals surface area contributed by atoms with E-state index in [9.17, 15) is 8.42 Å². The fraction of sp³-hybridized carbons (Fsp3) is 0.143. The number of anilines is 3. The van der Waals surface area contributed by atoms with Gasteiger partial charge in [-0.25, -0.2) is 13.1 Å². The average Bonchev–Trinajstić information content (AvgIpc) is 2.45. The summed E-state index contributed by atoms with van der Waals surface area (Å²) in [5, 5.41) is 3.14. The minimum Gasteiger partial charge on any atom is -0.397 e. The molecule has 0 aliphatic heterocycles. The summed E-state index contributed by atoms with van der Waals surface area (Å²) in [6.45, 7) is 1.97. The number of rotatable bonds is 4. The van der Waals surface area contributed by atoms with Gasteiger partial charge in [0.25, 0.3) is 0 Å². The van der Waals surface area contributed by atoms with E-state index < -0.39 is 10.0 Å². The molecule has 7 heteroatoms. The molecule has 4 N–H and O–H groups in total. The van der Waals surface area contributed by atoms with Crippen molar-refractivity contribution in [1.82, 2.24) is 4.72 Å². The Morgan fingerprint density at radius 1 is 1.14 bits per heavy atom. The molecule has 2 rings (SSSR count). The number of hydrogen-bond donors (Lipinski definition) is 3. The van der Waals surface area contributed by atoms with Crippen molar-refractivity contribution in [2.75, 3.05) is 18.1 Å². The van der Waals surface area contributed by atoms with Crippen LogP contribution in [0.15, 0.2) is 45.8 Å². The van der Waals surface area contributed by atoms with Gasteiger partial charge in [-0.3, -0.25) is 0 Å². The summed E-state index contributed by atoms with van der Waals surface area (Å²) in [5.74, 6) is 0. The normalized spacial score (nSPS) is 11.4. The summed E-state index contributed by atoms with van der Waals surface area (Å²) in [6.07, 6.45) is 0. The predicted octanol–water partition coefficient (Wildman–Crippen LogP) is 2.99. The molecule has 0 amide bonds. The number of nitrogen functional groups attached to an aromatic ring is 1. The molecular weight excluding hydrogens is 354 g/mol. The highest BCUT2D eigenvalue weighted by molar-refractivity contribution is 9.10. The maximum atomic E-state index is 11.8. The van der Waals surface area contributed by atoms with Crippen LogP contribution in [-0.4, -0.2) is 15.5 Å². The van der Waals surface area contributed by atoms with Crippen LogP contribution in [0.5, 0.6) is 0 Å². The summed E-state index contributed by atoms with van der Waals surface area (Å²) in [6, 6.07) is 10.3. The highest BCUT2D eigenvalue weighted by Gasteiger charge is 2.13. The smallest absolute Gasteiger partial charge is 0.240 e. The maximum Gasteiger partial charge on any atom is 0.240 e. The third-order valence-corrected chi connectivity index (χ3v) is 5.34. The predicted molar refractivity (Wildman–Crippen MR) is 89.3 cm³/mol. The van der Waals surface area contributed by atoms with E-state index in [1.165, 1.54) is 19.2 Å². The molecule has 0 radical (unpaired) electrons. The monoisotopic (exact) mass is 369 g/mol. The molecule has 112 valence electrons. The summed E-state index contributed by atoms with van der Waals surface area (Å²) in [7, 11) is -2.13. The van der Waals surface area contributed by atoms with E-state index in [0.717, 1.165) is 15.7 Å². The largest absolute Gasteiger partial charge is 0.397 e. The van der Waals surface area contributed by atoms with Crippen LogP contribution in [0.1, 0.15) is 5.56 Å². The van der Waals surface area contributed by atoms with Gasteiger partial charge in [-0.2, -0.15) is 0 Å². The number of sulfonamides is 1. The highest BCUT2D eigenvalue weighted by Crippen LogP contribution is 2.28. The SMILES string of the molecule is CNS(=O)(=O)c1ccc(N)c(Nc2ccc(Br)c(C)c2)c1. The Morgan fingerprint density at radius 3 is 2.48 bits per heavy atom. The Bertz CT molecular complexity index is 776. The Morgan fingerprint density at radius 2 is 1.86 bits per heavy atom. The summed E-state index contributed by atoms with van der Waals surface area (Å²) in [4.78, 5) is 0.163. The first-order valence-electron chi connectivity index (χ1n) is 6.20. The Balaban J connectivity index is 2.39. The second-order valence-electron chi connectivity index (χ2n) is 4.55. The summed E-state index contributed by atoms with van der Waals surface area (Å²) >= 11 is 3.44. The Labute approximate surface area is 132 Å². The summed E-state index contributed by atoms with van der Waals surface area (Å²) in [5.41, 5.74) is 8.83. The molecule has 0 aromatic heterocycles. The van der Waals surface area contributed by atoms with Crippen LogP contribution in [0.3, 0.4) is 0 Å². The van der Waals surface area contributed by atoms with E-state index >= 15 is 0 Å². The van der Waals surface area contributed by atoms with Crippen molar-refractivity contribution in [2.24, 2.45) is 0 Å². The third-order valence-electron chi connectivity index (χ3n) is 3.04. The molecule has 5 nitrogen and oxygen atoms in total. The van der Waals surface area contributed by atoms with Gasteiger partial charge in [0, 0.05) is 10.2 Å². The van der Waals surface area contributed by atoms with Crippen molar-refractivity contribution in [3.05, 3.63) is 46.4 Å². The zero-order valence-corrected chi connectivity index (χ0v) is 14.0. The molecule has 0 saturated heterocycles. The molecular formula is C14H16BrN3O2S. The highest BCUT2D eigenvalue weighted by atomic mass is 79.9. The lowest BCUT2D eigenvalue weighted by Gasteiger charge is -2.12. The first-order chi connectivity index (χ1) is 9.83. The topological polar surface area (TPSA) is 84.2 Å². The minimum atomic E-state index is -3.50. The van der Waals surface area contributed by atoms with Crippen LogP contribution in [-0.2, 0) is 10.0 Å². The van der Waals surface area contributed by atoms with Crippen molar-refractivity contribution in [3.63, 3.8) is 0 Å². The van der Waals surface area contributed by atoms with Crippen molar-refractivity contribution in [1.29, 1.82) is 0 Å². The molecule has 2 aromatic carbocycles. The number of benzene rings is 2. The van der Waals surface area contributed by atoms with E-state index in [0.29, 0.717) is 11.4 Å². The second-order valence-corrected chi connectivity index (χ2v) is 7.29. The van der Waals surface area contributed by atoms with Crippen LogP contribution < -0.4 is 15.8 Å². The first-order valence-corrected chi connectivity index (χ1v) is 8.47. The zero-order valence-electron chi connectivity index (χ0n) is 11.6. The minimum absolute atomic E-state index is 0.163. The van der Waals surface area contributed by atoms with Crippen molar-refractivity contribution in [3.8, 4) is 0 Å². The number of nitrogens with one attached hydrogen (secondary N) is 2. The number of hydrogen-bond acceptors (Lipinski definition) is 4. The van der Waals surface area contributed by atoms with Crippen LogP contribution in [0.25, 0.3) is 0 Å². The molecule has 0 spiro atoms. The summed E-state index contributed by atoms with van der Waals surface area (Å²) < 4.78 is 26.9. The molecule has 0 heterocycles. The van der Waals surface area contributed by atoms with E-state index in [4.69, 9.17) is 5.73 Å². The van der Waals surface area contributed by atoms with Gasteiger partial charge in [-0.1, -0.05) is 15.9 Å². The lowest BCUT2D eigenvalue weighted by molar-refractivity contribution is 0.588. The molecule has 0 aliphatic carbocycles. The van der Waals surface area contributed by atoms with Gasteiger partial charge in [0.15, 0.2) is 0 Å². The number of halogens is 1. The Kier molecular flexibility index (Phi) is 4.55. The van der Waals surface area contributed by atoms with E-state index in [1.807, 2.05) is 25.1 Å². The lowest BCUT2D eigenvalue weighted by Crippen LogP contribution is -2.18. The number of aryl methyl sites for hydroxylation is 1. The van der Waals surface area contributed by atoms with Gasteiger partial charge in [0.1, 0.15) is 0 Å². The third kappa shape index (κ3) is 3.55. The van der Waals surface area contributed by atoms with Crippen molar-refractivity contribution < 1.29 is 8.42 Å². The van der Waals surface area contributed by atoms with Gasteiger partial charge in [0.05, 0.1) is 16.3 Å². The first kappa shape index (κ1) is 15.8. The van der Waals surface area contributed by atoms with Crippen LogP contribution in [0.2, 0.25) is 0 Å². The average molecular weight is 370 g/mol. The van der Waals surface area contributed by atoms with Crippen LogP contribution in [0, 0.1) is 6.92 Å². The van der Waals surface area contributed by atoms with E-state index in [-0.39, 0.29) is 4.90 Å². The van der Waals surface area contributed by atoms with Gasteiger partial charge in [0.2, 0.25) is 10.0 Å². The van der Waals surface area contributed by atoms with Gasteiger partial charge < -0.3 is 11.1 Å². The quantitative estimate of drug-likeness (QED) is 0.723. The fourth-order valence-electron chi connectivity index (χ4n) is 1.81. The second kappa shape index (κ2) is 6.05. The molecule has 0 bridgehead atoms. The number of nitrogens with two attached hydrogens (primary N) is 1. The molecule has 21 heavy (non-hydrogen) atoms. The lowest BCUT2D eigenvalue weighted by atomic mass is 10.2. The van der Waals surface area contributed by atoms with Gasteiger partial charge >= 0.3 is 0 Å². The van der Waals surface area contributed by atoms with Crippen molar-refractivity contribution in [2.45, 2.75) is 11.8 Å².